The Morgan fingerprint density at radius 3 is 2.22 bits per heavy atom. The van der Waals surface area contributed by atoms with Crippen LogP contribution in [0.15, 0.2) is 48.7 Å². The van der Waals surface area contributed by atoms with Crippen LogP contribution in [0.25, 0.3) is 22.0 Å². The zero-order valence-corrected chi connectivity index (χ0v) is 38.0. The van der Waals surface area contributed by atoms with E-state index in [1.165, 1.54) is 38.1 Å². The lowest BCUT2D eigenvalue weighted by atomic mass is 9.72. The maximum absolute atomic E-state index is 15.8. The molecule has 0 spiro atoms. The molecule has 3 atom stereocenters. The fraction of sp³-hybridized carbons (Fsp3) is 0.444. The van der Waals surface area contributed by atoms with Gasteiger partial charge in [0.1, 0.15) is 35.2 Å². The first-order valence-corrected chi connectivity index (χ1v) is 24.8. The van der Waals surface area contributed by atoms with Crippen molar-refractivity contribution < 1.29 is 56.8 Å². The summed E-state index contributed by atoms with van der Waals surface area (Å²) in [5.41, 5.74) is -1.93. The summed E-state index contributed by atoms with van der Waals surface area (Å²) in [6.45, 7) is 0.848. The second-order valence-corrected chi connectivity index (χ2v) is 23.2. The molecule has 3 heterocycles. The standard InChI is InChI=1S/C45H41ClF8N6O5S2/c1-44(2,66(62,63)26-4-5-26)14-13-25-3-8-28(29-10-12-33(46)38-40(29)60(20-35(49)50)57-43(38)58-67(64,65)27-6-7-27)39(55-25)34(17-22-15-23(47)18-24(48)16-22)56-36(61)21-59-19-31(42(51)52)37-30-9-11-32(30)45(53,54)41(37)59/h3,8,10,12,15-16,18-19,26-27,30,32,34-35,42H,4-7,9,11,17,20-21H2,1-2H3,(H,56,61)(H,57,58)/t30-,32+,34-/m0/s1. The minimum Gasteiger partial charge on any atom is -0.346 e. The third kappa shape index (κ3) is 8.66. The second-order valence-electron chi connectivity index (χ2n) is 18.0. The van der Waals surface area contributed by atoms with Gasteiger partial charge in [-0.1, -0.05) is 23.6 Å². The van der Waals surface area contributed by atoms with Gasteiger partial charge in [0.25, 0.3) is 18.8 Å². The number of hydrogen-bond acceptors (Lipinski definition) is 7. The number of nitrogens with one attached hydrogen (secondary N) is 2. The van der Waals surface area contributed by atoms with Crippen molar-refractivity contribution >= 4 is 54.1 Å². The first kappa shape index (κ1) is 46.9. The summed E-state index contributed by atoms with van der Waals surface area (Å²) in [4.78, 5) is 19.0. The number of carbonyl (C=O) groups is 1. The van der Waals surface area contributed by atoms with Crippen LogP contribution in [-0.4, -0.2) is 63.7 Å². The molecular weight excluding hydrogens is 956 g/mol. The topological polar surface area (TPSA) is 145 Å². The highest BCUT2D eigenvalue weighted by Crippen LogP contribution is 2.64. The Hall–Kier alpha value is -5.20. The number of aromatic nitrogens is 4. The molecule has 0 saturated heterocycles. The molecule has 1 amide bonds. The highest BCUT2D eigenvalue weighted by atomic mass is 35.5. The van der Waals surface area contributed by atoms with Crippen molar-refractivity contribution in [3.8, 4) is 23.0 Å². The van der Waals surface area contributed by atoms with Crippen molar-refractivity contribution in [2.24, 2.45) is 5.92 Å². The van der Waals surface area contributed by atoms with E-state index in [1.54, 1.807) is 0 Å². The number of rotatable bonds is 15. The number of hydrogen-bond donors (Lipinski definition) is 2. The summed E-state index contributed by atoms with van der Waals surface area (Å²) in [6, 6.07) is 6.49. The molecule has 5 aromatic rings. The van der Waals surface area contributed by atoms with E-state index in [2.05, 4.69) is 27.0 Å². The number of pyridine rings is 1. The number of amides is 1. The highest BCUT2D eigenvalue weighted by Gasteiger charge is 2.61. The van der Waals surface area contributed by atoms with Crippen LogP contribution < -0.4 is 10.0 Å². The van der Waals surface area contributed by atoms with E-state index in [4.69, 9.17) is 16.6 Å². The van der Waals surface area contributed by atoms with Gasteiger partial charge in [0, 0.05) is 34.9 Å². The van der Waals surface area contributed by atoms with Crippen LogP contribution in [-0.2, 0) is 50.1 Å². The van der Waals surface area contributed by atoms with Crippen LogP contribution in [0.1, 0.15) is 105 Å². The zero-order valence-electron chi connectivity index (χ0n) is 35.6. The Kier molecular flexibility index (Phi) is 11.7. The van der Waals surface area contributed by atoms with Crippen molar-refractivity contribution in [3.05, 3.63) is 99.1 Å². The smallest absolute Gasteiger partial charge is 0.291 e. The van der Waals surface area contributed by atoms with Gasteiger partial charge >= 0.3 is 0 Å². The average Bonchev–Trinajstić information content (AvgIpc) is 4.15. The van der Waals surface area contributed by atoms with Crippen LogP contribution in [0, 0.1) is 29.4 Å². The number of nitrogens with zero attached hydrogens (tertiary/aromatic N) is 4. The van der Waals surface area contributed by atoms with E-state index in [0.29, 0.717) is 31.7 Å². The Bertz CT molecular complexity index is 3120. The Morgan fingerprint density at radius 1 is 0.940 bits per heavy atom. The van der Waals surface area contributed by atoms with Gasteiger partial charge in [-0.3, -0.25) is 14.2 Å². The molecule has 4 aliphatic rings. The van der Waals surface area contributed by atoms with Gasteiger partial charge in [0.15, 0.2) is 15.7 Å². The number of sulfone groups is 1. The number of anilines is 1. The second kappa shape index (κ2) is 16.8. The van der Waals surface area contributed by atoms with E-state index in [9.17, 15) is 48.0 Å². The van der Waals surface area contributed by atoms with E-state index in [1.807, 2.05) is 0 Å². The largest absolute Gasteiger partial charge is 0.346 e. The fourth-order valence-electron chi connectivity index (χ4n) is 9.23. The van der Waals surface area contributed by atoms with Gasteiger partial charge in [-0.2, -0.15) is 13.9 Å². The van der Waals surface area contributed by atoms with E-state index < -0.39 is 120 Å². The fourth-order valence-corrected chi connectivity index (χ4v) is 12.6. The molecule has 3 saturated carbocycles. The first-order valence-electron chi connectivity index (χ1n) is 21.4. The van der Waals surface area contributed by atoms with Gasteiger partial charge in [-0.15, -0.1) is 0 Å². The van der Waals surface area contributed by atoms with Crippen molar-refractivity contribution in [1.29, 1.82) is 0 Å². The molecule has 11 nitrogen and oxygen atoms in total. The molecular formula is C45H41ClF8N6O5S2. The quantitative estimate of drug-likeness (QED) is 0.0786. The normalized spacial score (nSPS) is 19.5. The summed E-state index contributed by atoms with van der Waals surface area (Å²) >= 11 is 6.67. The molecule has 2 N–H and O–H groups in total. The highest BCUT2D eigenvalue weighted by molar-refractivity contribution is 7.94. The number of halogens is 9. The van der Waals surface area contributed by atoms with Gasteiger partial charge in [0.05, 0.1) is 43.9 Å². The Balaban J connectivity index is 1.22. The monoisotopic (exact) mass is 996 g/mol. The molecule has 356 valence electrons. The molecule has 0 bridgehead atoms. The van der Waals surface area contributed by atoms with E-state index >= 15 is 8.78 Å². The molecule has 9 rings (SSSR count). The van der Waals surface area contributed by atoms with Crippen LogP contribution in [0.5, 0.6) is 0 Å². The Morgan fingerprint density at radius 2 is 1.61 bits per heavy atom. The maximum atomic E-state index is 15.8. The summed E-state index contributed by atoms with van der Waals surface area (Å²) in [5.74, 6) is -3.47. The summed E-state index contributed by atoms with van der Waals surface area (Å²) in [5, 5.41) is 5.34. The molecule has 4 aliphatic carbocycles. The first-order chi connectivity index (χ1) is 31.5. The SMILES string of the molecule is CC(C)(C#Cc1ccc(-c2ccc(Cl)c3c(NS(=O)(=O)C4CC4)nn(CC(F)F)c23)c([C@H](Cc2cc(F)cc(F)c2)NC(=O)Cn2cc(C(F)F)c3c2C(F)(F)[C@@H]2CC[C@H]32)n1)S(=O)(=O)C1CC1. The predicted molar refractivity (Wildman–Crippen MR) is 232 cm³/mol. The predicted octanol–water partition coefficient (Wildman–Crippen LogP) is 9.34. The third-order valence-corrected chi connectivity index (χ3v) is 17.9. The van der Waals surface area contributed by atoms with Crippen molar-refractivity contribution in [2.45, 2.75) is 118 Å². The van der Waals surface area contributed by atoms with Crippen LogP contribution in [0.3, 0.4) is 0 Å². The van der Waals surface area contributed by atoms with Crippen molar-refractivity contribution in [1.82, 2.24) is 24.6 Å². The summed E-state index contributed by atoms with van der Waals surface area (Å²) < 4.78 is 174. The minimum atomic E-state index is -4.04. The number of alkyl halides is 6. The maximum Gasteiger partial charge on any atom is 0.291 e. The number of sulfonamides is 1. The van der Waals surface area contributed by atoms with Gasteiger partial charge in [-0.05, 0) is 112 Å². The summed E-state index contributed by atoms with van der Waals surface area (Å²) in [6.07, 6.45) is -3.87. The van der Waals surface area contributed by atoms with Gasteiger partial charge in [-0.25, -0.2) is 48.2 Å². The Labute approximate surface area is 384 Å². The third-order valence-electron chi connectivity index (χ3n) is 12.9. The lowest BCUT2D eigenvalue weighted by molar-refractivity contribution is -0.123. The molecule has 0 aliphatic heterocycles. The van der Waals surface area contributed by atoms with Crippen LogP contribution >= 0.6 is 11.6 Å². The molecule has 0 unspecified atom stereocenters. The van der Waals surface area contributed by atoms with Crippen LogP contribution in [0.4, 0.5) is 40.9 Å². The average molecular weight is 997 g/mol. The zero-order chi connectivity index (χ0) is 48.1. The lowest BCUT2D eigenvalue weighted by Crippen LogP contribution is -2.36. The number of benzene rings is 2. The molecule has 0 radical (unpaired) electrons. The van der Waals surface area contributed by atoms with Gasteiger partial charge < -0.3 is 9.88 Å². The van der Waals surface area contributed by atoms with Crippen LogP contribution in [0.2, 0.25) is 5.02 Å². The van der Waals surface area contributed by atoms with E-state index in [0.717, 1.165) is 27.6 Å². The molecule has 67 heavy (non-hydrogen) atoms. The molecule has 3 fully saturated rings. The number of carbonyl (C=O) groups excluding carboxylic acids is 1. The van der Waals surface area contributed by atoms with Crippen molar-refractivity contribution in [3.63, 3.8) is 0 Å². The molecule has 3 aromatic heterocycles. The number of fused-ring (bicyclic) bond motifs is 4. The summed E-state index contributed by atoms with van der Waals surface area (Å²) in [7, 11) is -7.79. The molecule has 2 aromatic carbocycles. The van der Waals surface area contributed by atoms with Gasteiger partial charge in [0.2, 0.25) is 15.9 Å². The minimum absolute atomic E-state index is 0.0243. The lowest BCUT2D eigenvalue weighted by Gasteiger charge is -2.34. The molecule has 22 heteroatoms. The van der Waals surface area contributed by atoms with Crippen molar-refractivity contribution in [2.75, 3.05) is 4.72 Å². The van der Waals surface area contributed by atoms with E-state index in [-0.39, 0.29) is 68.2 Å².